The van der Waals surface area contributed by atoms with Crippen molar-refractivity contribution in [2.24, 2.45) is 0 Å². The standard InChI is InChI=1S/C18H20N2/c1-2-6-16(7-3-1)8-10-18-11-9-17(14-19-18)15-20-12-4-5-13-20/h1-3,6-11,14H,4-5,12-13,15H2/b10-8+. The molecule has 0 spiro atoms. The quantitative estimate of drug-likeness (QED) is 0.834. The molecular formula is C18H20N2. The predicted octanol–water partition coefficient (Wildman–Crippen LogP) is 3.85. The number of hydrogen-bond donors (Lipinski definition) is 0. The average molecular weight is 264 g/mol. The first-order valence-electron chi connectivity index (χ1n) is 7.30. The number of nitrogens with zero attached hydrogens (tertiary/aromatic N) is 2. The van der Waals surface area contributed by atoms with Gasteiger partial charge in [-0.25, -0.2) is 0 Å². The minimum absolute atomic E-state index is 1.01. The van der Waals surface area contributed by atoms with E-state index < -0.39 is 0 Å². The molecule has 0 atom stereocenters. The van der Waals surface area contributed by atoms with E-state index in [-0.39, 0.29) is 0 Å². The number of likely N-dealkylation sites (tertiary alicyclic amines) is 1. The van der Waals surface area contributed by atoms with Crippen LogP contribution < -0.4 is 0 Å². The lowest BCUT2D eigenvalue weighted by molar-refractivity contribution is 0.331. The topological polar surface area (TPSA) is 16.1 Å². The zero-order valence-electron chi connectivity index (χ0n) is 11.7. The number of pyridine rings is 1. The van der Waals surface area contributed by atoms with Crippen molar-refractivity contribution in [3.8, 4) is 0 Å². The maximum Gasteiger partial charge on any atom is 0.0630 e. The van der Waals surface area contributed by atoms with E-state index >= 15 is 0 Å². The summed E-state index contributed by atoms with van der Waals surface area (Å²) >= 11 is 0. The second-order valence-corrected chi connectivity index (χ2v) is 5.32. The van der Waals surface area contributed by atoms with Gasteiger partial charge in [-0.15, -0.1) is 0 Å². The van der Waals surface area contributed by atoms with Crippen LogP contribution in [0.4, 0.5) is 0 Å². The van der Waals surface area contributed by atoms with Crippen molar-refractivity contribution in [3.05, 3.63) is 65.5 Å². The second kappa shape index (κ2) is 6.49. The highest BCUT2D eigenvalue weighted by Crippen LogP contribution is 2.13. The van der Waals surface area contributed by atoms with E-state index in [2.05, 4.69) is 46.3 Å². The Morgan fingerprint density at radius 1 is 0.950 bits per heavy atom. The van der Waals surface area contributed by atoms with Crippen molar-refractivity contribution >= 4 is 12.2 Å². The first-order chi connectivity index (χ1) is 9.90. The Balaban J connectivity index is 1.62. The molecule has 0 bridgehead atoms. The number of hydrogen-bond acceptors (Lipinski definition) is 2. The summed E-state index contributed by atoms with van der Waals surface area (Å²) in [5, 5.41) is 0. The first kappa shape index (κ1) is 13.1. The van der Waals surface area contributed by atoms with Crippen LogP contribution in [-0.2, 0) is 6.54 Å². The summed E-state index contributed by atoms with van der Waals surface area (Å²) in [5.41, 5.74) is 3.53. The smallest absolute Gasteiger partial charge is 0.0630 e. The van der Waals surface area contributed by atoms with Crippen LogP contribution in [0, 0.1) is 0 Å². The van der Waals surface area contributed by atoms with E-state index in [4.69, 9.17) is 0 Å². The van der Waals surface area contributed by atoms with E-state index in [0.29, 0.717) is 0 Å². The lowest BCUT2D eigenvalue weighted by atomic mass is 10.2. The van der Waals surface area contributed by atoms with Crippen molar-refractivity contribution in [3.63, 3.8) is 0 Å². The molecule has 0 amide bonds. The van der Waals surface area contributed by atoms with E-state index in [9.17, 15) is 0 Å². The summed E-state index contributed by atoms with van der Waals surface area (Å²) in [6.45, 7) is 3.50. The van der Waals surface area contributed by atoms with E-state index in [1.165, 1.54) is 37.1 Å². The Bertz CT molecular complexity index is 552. The van der Waals surface area contributed by atoms with Crippen LogP contribution in [0.1, 0.15) is 29.7 Å². The van der Waals surface area contributed by atoms with Gasteiger partial charge in [0.25, 0.3) is 0 Å². The van der Waals surface area contributed by atoms with Gasteiger partial charge < -0.3 is 0 Å². The molecule has 0 N–H and O–H groups in total. The van der Waals surface area contributed by atoms with Crippen molar-refractivity contribution in [2.75, 3.05) is 13.1 Å². The minimum Gasteiger partial charge on any atom is -0.299 e. The zero-order chi connectivity index (χ0) is 13.6. The van der Waals surface area contributed by atoms with Crippen LogP contribution in [0.2, 0.25) is 0 Å². The van der Waals surface area contributed by atoms with Gasteiger partial charge in [-0.2, -0.15) is 0 Å². The van der Waals surface area contributed by atoms with Crippen LogP contribution in [0.3, 0.4) is 0 Å². The highest BCUT2D eigenvalue weighted by molar-refractivity contribution is 5.67. The Morgan fingerprint density at radius 3 is 2.45 bits per heavy atom. The molecule has 2 heteroatoms. The highest BCUT2D eigenvalue weighted by Gasteiger charge is 2.11. The molecule has 0 saturated carbocycles. The maximum atomic E-state index is 4.52. The van der Waals surface area contributed by atoms with Crippen molar-refractivity contribution in [1.82, 2.24) is 9.88 Å². The van der Waals surface area contributed by atoms with Crippen LogP contribution in [0.25, 0.3) is 12.2 Å². The minimum atomic E-state index is 1.01. The van der Waals surface area contributed by atoms with Crippen molar-refractivity contribution in [1.29, 1.82) is 0 Å². The monoisotopic (exact) mass is 264 g/mol. The SMILES string of the molecule is C(=C\c1ccc(CN2CCCC2)cn1)/c1ccccc1. The molecular weight excluding hydrogens is 244 g/mol. The second-order valence-electron chi connectivity index (χ2n) is 5.32. The Labute approximate surface area is 120 Å². The molecule has 1 aliphatic rings. The third kappa shape index (κ3) is 3.55. The van der Waals surface area contributed by atoms with Gasteiger partial charge in [0.1, 0.15) is 0 Å². The fourth-order valence-electron chi connectivity index (χ4n) is 2.57. The normalized spacial score (nSPS) is 16.0. The lowest BCUT2D eigenvalue weighted by Crippen LogP contribution is -2.18. The van der Waals surface area contributed by atoms with Gasteiger partial charge in [-0.05, 0) is 49.2 Å². The molecule has 1 aromatic carbocycles. The maximum absolute atomic E-state index is 4.52. The molecule has 2 heterocycles. The Kier molecular flexibility index (Phi) is 4.24. The van der Waals surface area contributed by atoms with Gasteiger partial charge in [0, 0.05) is 12.7 Å². The fourth-order valence-corrected chi connectivity index (χ4v) is 2.57. The van der Waals surface area contributed by atoms with Gasteiger partial charge in [-0.1, -0.05) is 42.5 Å². The summed E-state index contributed by atoms with van der Waals surface area (Å²) in [4.78, 5) is 7.02. The average Bonchev–Trinajstić information content (AvgIpc) is 3.01. The third-order valence-electron chi connectivity index (χ3n) is 3.70. The molecule has 1 aliphatic heterocycles. The summed E-state index contributed by atoms with van der Waals surface area (Å²) in [6.07, 6.45) is 8.84. The Hall–Kier alpha value is -1.93. The molecule has 20 heavy (non-hydrogen) atoms. The van der Waals surface area contributed by atoms with Crippen molar-refractivity contribution < 1.29 is 0 Å². The molecule has 1 aromatic heterocycles. The third-order valence-corrected chi connectivity index (χ3v) is 3.70. The first-order valence-corrected chi connectivity index (χ1v) is 7.30. The van der Waals surface area contributed by atoms with Crippen LogP contribution >= 0.6 is 0 Å². The summed E-state index contributed by atoms with van der Waals surface area (Å²) in [6, 6.07) is 14.6. The van der Waals surface area contributed by atoms with Gasteiger partial charge in [0.2, 0.25) is 0 Å². The van der Waals surface area contributed by atoms with Gasteiger partial charge in [0.15, 0.2) is 0 Å². The van der Waals surface area contributed by atoms with Crippen LogP contribution in [0.5, 0.6) is 0 Å². The molecule has 1 fully saturated rings. The predicted molar refractivity (Wildman–Crippen MR) is 84.1 cm³/mol. The summed E-state index contributed by atoms with van der Waals surface area (Å²) < 4.78 is 0. The number of benzene rings is 1. The molecule has 1 saturated heterocycles. The molecule has 0 aliphatic carbocycles. The molecule has 3 rings (SSSR count). The van der Waals surface area contributed by atoms with Gasteiger partial charge in [0.05, 0.1) is 5.69 Å². The molecule has 2 aromatic rings. The Morgan fingerprint density at radius 2 is 1.75 bits per heavy atom. The van der Waals surface area contributed by atoms with E-state index in [1.54, 1.807) is 0 Å². The zero-order valence-corrected chi connectivity index (χ0v) is 11.7. The molecule has 0 radical (unpaired) electrons. The van der Waals surface area contributed by atoms with Crippen LogP contribution in [0.15, 0.2) is 48.7 Å². The summed E-state index contributed by atoms with van der Waals surface area (Å²) in [7, 11) is 0. The fraction of sp³-hybridized carbons (Fsp3) is 0.278. The van der Waals surface area contributed by atoms with Gasteiger partial charge >= 0.3 is 0 Å². The lowest BCUT2D eigenvalue weighted by Gasteiger charge is -2.13. The molecule has 2 nitrogen and oxygen atoms in total. The number of aromatic nitrogens is 1. The molecule has 0 unspecified atom stereocenters. The van der Waals surface area contributed by atoms with E-state index in [1.807, 2.05) is 24.4 Å². The van der Waals surface area contributed by atoms with Crippen LogP contribution in [-0.4, -0.2) is 23.0 Å². The summed E-state index contributed by atoms with van der Waals surface area (Å²) in [5.74, 6) is 0. The van der Waals surface area contributed by atoms with Crippen molar-refractivity contribution in [2.45, 2.75) is 19.4 Å². The van der Waals surface area contributed by atoms with E-state index in [0.717, 1.165) is 12.2 Å². The van der Waals surface area contributed by atoms with Gasteiger partial charge in [-0.3, -0.25) is 9.88 Å². The largest absolute Gasteiger partial charge is 0.299 e. The highest BCUT2D eigenvalue weighted by atomic mass is 15.1. The molecule has 102 valence electrons. The number of rotatable bonds is 4.